The van der Waals surface area contributed by atoms with Gasteiger partial charge in [0.2, 0.25) is 0 Å². The summed E-state index contributed by atoms with van der Waals surface area (Å²) >= 11 is 0. The first-order valence-corrected chi connectivity index (χ1v) is 8.10. The Morgan fingerprint density at radius 1 is 1.29 bits per heavy atom. The van der Waals surface area contributed by atoms with Gasteiger partial charge in [-0.05, 0) is 50.4 Å². The molecule has 1 aromatic carbocycles. The van der Waals surface area contributed by atoms with E-state index in [9.17, 15) is 5.11 Å². The first-order chi connectivity index (χ1) is 10.0. The molecule has 3 heteroatoms. The fourth-order valence-corrected chi connectivity index (χ4v) is 3.36. The zero-order valence-electron chi connectivity index (χ0n) is 13.9. The van der Waals surface area contributed by atoms with Crippen molar-refractivity contribution in [2.75, 3.05) is 26.2 Å². The highest BCUT2D eigenvalue weighted by atomic mass is 16.5. The smallest absolute Gasteiger partial charge is 0.0964 e. The number of hydrogen-bond donors (Lipinski definition) is 1. The van der Waals surface area contributed by atoms with E-state index in [2.05, 4.69) is 44.7 Å². The third kappa shape index (κ3) is 4.29. The number of aryl methyl sites for hydroxylation is 3. The zero-order chi connectivity index (χ0) is 15.4. The Morgan fingerprint density at radius 2 is 1.95 bits per heavy atom. The Balaban J connectivity index is 2.02. The van der Waals surface area contributed by atoms with Gasteiger partial charge in [0.1, 0.15) is 0 Å². The average Bonchev–Trinajstić information content (AvgIpc) is 2.43. The molecule has 2 atom stereocenters. The number of hydrogen-bond acceptors (Lipinski definition) is 3. The molecule has 1 N–H and O–H groups in total. The Hall–Kier alpha value is -0.900. The lowest BCUT2D eigenvalue weighted by atomic mass is 9.93. The Labute approximate surface area is 128 Å². The summed E-state index contributed by atoms with van der Waals surface area (Å²) < 4.78 is 5.80. The number of morpholine rings is 1. The molecular formula is C18H29NO2. The lowest BCUT2D eigenvalue weighted by Crippen LogP contribution is -2.48. The van der Waals surface area contributed by atoms with Crippen LogP contribution in [-0.2, 0) is 11.2 Å². The summed E-state index contributed by atoms with van der Waals surface area (Å²) in [5.74, 6) is 0. The first-order valence-electron chi connectivity index (χ1n) is 8.10. The van der Waals surface area contributed by atoms with Gasteiger partial charge in [-0.1, -0.05) is 24.6 Å². The molecule has 2 rings (SSSR count). The quantitative estimate of drug-likeness (QED) is 0.905. The third-order valence-electron chi connectivity index (χ3n) is 4.40. The molecular weight excluding hydrogens is 262 g/mol. The highest BCUT2D eigenvalue weighted by Crippen LogP contribution is 2.20. The summed E-state index contributed by atoms with van der Waals surface area (Å²) in [7, 11) is 0. The van der Waals surface area contributed by atoms with Crippen LogP contribution in [-0.4, -0.2) is 48.5 Å². The molecule has 1 fully saturated rings. The molecule has 0 aliphatic carbocycles. The van der Waals surface area contributed by atoms with Gasteiger partial charge < -0.3 is 9.84 Å². The summed E-state index contributed by atoms with van der Waals surface area (Å²) in [6.07, 6.45) is 1.34. The van der Waals surface area contributed by atoms with Crippen molar-refractivity contribution in [1.29, 1.82) is 0 Å². The minimum atomic E-state index is -0.426. The Kier molecular flexibility index (Phi) is 5.80. The van der Waals surface area contributed by atoms with Crippen LogP contribution in [0.15, 0.2) is 12.1 Å². The van der Waals surface area contributed by atoms with Gasteiger partial charge in [0.25, 0.3) is 0 Å². The molecule has 21 heavy (non-hydrogen) atoms. The minimum Gasteiger partial charge on any atom is -0.390 e. The van der Waals surface area contributed by atoms with Crippen molar-refractivity contribution in [2.24, 2.45) is 0 Å². The highest BCUT2D eigenvalue weighted by molar-refractivity contribution is 5.38. The summed E-state index contributed by atoms with van der Waals surface area (Å²) in [6, 6.07) is 4.39. The van der Waals surface area contributed by atoms with E-state index in [1.165, 1.54) is 22.3 Å². The van der Waals surface area contributed by atoms with Crippen LogP contribution in [0.1, 0.15) is 35.6 Å². The number of ether oxygens (including phenoxy) is 1. The molecule has 1 aliphatic heterocycles. The van der Waals surface area contributed by atoms with Gasteiger partial charge in [-0.2, -0.15) is 0 Å². The first kappa shape index (κ1) is 16.5. The van der Waals surface area contributed by atoms with Crippen LogP contribution in [0.25, 0.3) is 0 Å². The maximum absolute atomic E-state index is 10.6. The van der Waals surface area contributed by atoms with E-state index in [-0.39, 0.29) is 6.10 Å². The molecule has 2 unspecified atom stereocenters. The van der Waals surface area contributed by atoms with Crippen LogP contribution in [0, 0.1) is 20.8 Å². The molecule has 3 nitrogen and oxygen atoms in total. The van der Waals surface area contributed by atoms with E-state index in [1.54, 1.807) is 0 Å². The second kappa shape index (κ2) is 7.39. The maximum Gasteiger partial charge on any atom is 0.0964 e. The van der Waals surface area contributed by atoms with E-state index in [0.717, 1.165) is 32.7 Å². The van der Waals surface area contributed by atoms with Crippen LogP contribution in [0.2, 0.25) is 0 Å². The van der Waals surface area contributed by atoms with Crippen LogP contribution in [0.4, 0.5) is 0 Å². The number of benzene rings is 1. The van der Waals surface area contributed by atoms with E-state index in [1.807, 2.05) is 0 Å². The number of aliphatic hydroxyl groups excluding tert-OH is 1. The fourth-order valence-electron chi connectivity index (χ4n) is 3.36. The van der Waals surface area contributed by atoms with Gasteiger partial charge in [-0.25, -0.2) is 0 Å². The summed E-state index contributed by atoms with van der Waals surface area (Å²) in [6.45, 7) is 12.2. The number of aliphatic hydroxyl groups is 1. The predicted octanol–water partition coefficient (Wildman–Crippen LogP) is 2.63. The van der Waals surface area contributed by atoms with E-state index in [0.29, 0.717) is 6.42 Å². The normalized spacial score (nSPS) is 21.5. The van der Waals surface area contributed by atoms with Crippen LogP contribution in [0.5, 0.6) is 0 Å². The van der Waals surface area contributed by atoms with Gasteiger partial charge in [0, 0.05) is 19.5 Å². The predicted molar refractivity (Wildman–Crippen MR) is 86.8 cm³/mol. The molecule has 0 aromatic heterocycles. The van der Waals surface area contributed by atoms with Gasteiger partial charge in [-0.15, -0.1) is 0 Å². The molecule has 0 radical (unpaired) electrons. The largest absolute Gasteiger partial charge is 0.390 e. The molecule has 1 saturated heterocycles. The monoisotopic (exact) mass is 291 g/mol. The summed E-state index contributed by atoms with van der Waals surface area (Å²) in [5, 5.41) is 10.6. The lowest BCUT2D eigenvalue weighted by molar-refractivity contribution is -0.0878. The molecule has 0 spiro atoms. The standard InChI is InChI=1S/C18H29NO2/c1-5-6-19-7-8-21-18(12-19)17(20)11-16-14(3)9-13(2)10-15(16)4/h9-10,17-18,20H,5-8,11-12H2,1-4H3. The van der Waals surface area contributed by atoms with Crippen molar-refractivity contribution < 1.29 is 9.84 Å². The van der Waals surface area contributed by atoms with E-state index in [4.69, 9.17) is 4.74 Å². The molecule has 0 saturated carbocycles. The molecule has 0 bridgehead atoms. The average molecular weight is 291 g/mol. The van der Waals surface area contributed by atoms with E-state index >= 15 is 0 Å². The topological polar surface area (TPSA) is 32.7 Å². The Bertz CT molecular complexity index is 447. The molecule has 1 aliphatic rings. The van der Waals surface area contributed by atoms with Crippen molar-refractivity contribution in [3.63, 3.8) is 0 Å². The van der Waals surface area contributed by atoms with Gasteiger partial charge >= 0.3 is 0 Å². The maximum atomic E-state index is 10.6. The molecule has 1 heterocycles. The van der Waals surface area contributed by atoms with Gasteiger partial charge in [-0.3, -0.25) is 4.90 Å². The molecule has 1 aromatic rings. The zero-order valence-corrected chi connectivity index (χ0v) is 13.9. The molecule has 0 amide bonds. The van der Waals surface area contributed by atoms with Crippen molar-refractivity contribution in [1.82, 2.24) is 4.90 Å². The summed E-state index contributed by atoms with van der Waals surface area (Å²) in [5.41, 5.74) is 5.09. The SMILES string of the molecule is CCCN1CCOC(C(O)Cc2c(C)cc(C)cc2C)C1. The fraction of sp³-hybridized carbons (Fsp3) is 0.667. The minimum absolute atomic E-state index is 0.0644. The highest BCUT2D eigenvalue weighted by Gasteiger charge is 2.27. The molecule has 118 valence electrons. The van der Waals surface area contributed by atoms with Gasteiger partial charge in [0.05, 0.1) is 18.8 Å². The second-order valence-electron chi connectivity index (χ2n) is 6.36. The number of rotatable bonds is 5. The van der Waals surface area contributed by atoms with Crippen LogP contribution in [0.3, 0.4) is 0 Å². The Morgan fingerprint density at radius 3 is 2.57 bits per heavy atom. The van der Waals surface area contributed by atoms with Crippen molar-refractivity contribution >= 4 is 0 Å². The lowest BCUT2D eigenvalue weighted by Gasteiger charge is -2.35. The van der Waals surface area contributed by atoms with Crippen LogP contribution >= 0.6 is 0 Å². The van der Waals surface area contributed by atoms with E-state index < -0.39 is 6.10 Å². The van der Waals surface area contributed by atoms with Crippen molar-refractivity contribution in [3.05, 3.63) is 34.4 Å². The third-order valence-corrected chi connectivity index (χ3v) is 4.40. The van der Waals surface area contributed by atoms with Crippen molar-refractivity contribution in [3.8, 4) is 0 Å². The second-order valence-corrected chi connectivity index (χ2v) is 6.36. The van der Waals surface area contributed by atoms with Gasteiger partial charge in [0.15, 0.2) is 0 Å². The number of nitrogens with zero attached hydrogens (tertiary/aromatic N) is 1. The van der Waals surface area contributed by atoms with Crippen molar-refractivity contribution in [2.45, 2.75) is 52.7 Å². The van der Waals surface area contributed by atoms with Crippen LogP contribution < -0.4 is 0 Å². The summed E-state index contributed by atoms with van der Waals surface area (Å²) in [4.78, 5) is 2.40.